The van der Waals surface area contributed by atoms with Crippen molar-refractivity contribution in [2.75, 3.05) is 11.6 Å². The molecule has 0 bridgehead atoms. The Morgan fingerprint density at radius 2 is 1.91 bits per heavy atom. The average Bonchev–Trinajstić information content (AvgIpc) is 3.43. The minimum absolute atomic E-state index is 0.0695. The van der Waals surface area contributed by atoms with Crippen molar-refractivity contribution in [1.82, 2.24) is 10.3 Å². The number of nitrogens with one attached hydrogen (secondary N) is 1. The van der Waals surface area contributed by atoms with Crippen LogP contribution in [0, 0.1) is 12.7 Å². The first-order chi connectivity index (χ1) is 15.4. The van der Waals surface area contributed by atoms with Gasteiger partial charge in [0.25, 0.3) is 5.91 Å². The number of nitrogens with zero attached hydrogens (tertiary/aromatic N) is 3. The quantitative estimate of drug-likeness (QED) is 0.592. The highest BCUT2D eigenvalue weighted by Crippen LogP contribution is 2.25. The summed E-state index contributed by atoms with van der Waals surface area (Å²) in [4.78, 5) is 28.9. The van der Waals surface area contributed by atoms with Crippen LogP contribution in [-0.2, 0) is 16.0 Å². The molecule has 0 saturated heterocycles. The van der Waals surface area contributed by atoms with Crippen molar-refractivity contribution in [3.63, 3.8) is 0 Å². The number of aryl methyl sites for hydroxylation is 1. The second kappa shape index (κ2) is 9.01. The standard InChI is InChI=1S/C23H22FN5O3/c1-14-2-4-15(5-3-14)23-27-17(13-32-23)10-11-26-22(31)19-12-20(21(25)30)29(28-19)18-8-6-16(24)7-9-18/h2-9,13,20H,10-12H2,1H3,(H2,25,30)(H,26,31). The molecule has 9 heteroatoms. The zero-order valence-electron chi connectivity index (χ0n) is 17.4. The van der Waals surface area contributed by atoms with Crippen LogP contribution in [0.2, 0.25) is 0 Å². The Balaban J connectivity index is 1.36. The van der Waals surface area contributed by atoms with E-state index in [0.29, 0.717) is 30.2 Å². The van der Waals surface area contributed by atoms with E-state index in [4.69, 9.17) is 10.2 Å². The fourth-order valence-electron chi connectivity index (χ4n) is 3.36. The van der Waals surface area contributed by atoms with Crippen LogP contribution >= 0.6 is 0 Å². The molecule has 2 amide bonds. The fourth-order valence-corrected chi connectivity index (χ4v) is 3.36. The van der Waals surface area contributed by atoms with Gasteiger partial charge in [-0.3, -0.25) is 14.6 Å². The molecule has 1 unspecified atom stereocenters. The monoisotopic (exact) mass is 435 g/mol. The molecule has 3 N–H and O–H groups in total. The van der Waals surface area contributed by atoms with E-state index in [0.717, 1.165) is 11.1 Å². The number of primary amides is 1. The number of amides is 2. The molecule has 2 heterocycles. The van der Waals surface area contributed by atoms with Crippen LogP contribution in [0.25, 0.3) is 11.5 Å². The number of carbonyl (C=O) groups is 2. The molecule has 2 aromatic carbocycles. The van der Waals surface area contributed by atoms with Crippen molar-refractivity contribution < 1.29 is 18.4 Å². The summed E-state index contributed by atoms with van der Waals surface area (Å²) in [5.74, 6) is -0.912. The van der Waals surface area contributed by atoms with Gasteiger partial charge in [-0.15, -0.1) is 0 Å². The minimum Gasteiger partial charge on any atom is -0.444 e. The smallest absolute Gasteiger partial charge is 0.267 e. The molecule has 8 nitrogen and oxygen atoms in total. The third-order valence-electron chi connectivity index (χ3n) is 5.11. The number of rotatable bonds is 7. The van der Waals surface area contributed by atoms with Gasteiger partial charge in [0.2, 0.25) is 11.8 Å². The van der Waals surface area contributed by atoms with Gasteiger partial charge in [0.1, 0.15) is 23.8 Å². The zero-order valence-corrected chi connectivity index (χ0v) is 17.4. The summed E-state index contributed by atoms with van der Waals surface area (Å²) < 4.78 is 18.7. The highest BCUT2D eigenvalue weighted by molar-refractivity contribution is 6.40. The normalized spacial score (nSPS) is 15.5. The molecule has 0 spiro atoms. The predicted octanol–water partition coefficient (Wildman–Crippen LogP) is 2.57. The molecule has 4 rings (SSSR count). The first kappa shape index (κ1) is 21.2. The van der Waals surface area contributed by atoms with E-state index >= 15 is 0 Å². The van der Waals surface area contributed by atoms with Gasteiger partial charge in [-0.05, 0) is 43.3 Å². The highest BCUT2D eigenvalue weighted by Gasteiger charge is 2.34. The van der Waals surface area contributed by atoms with Gasteiger partial charge >= 0.3 is 0 Å². The molecule has 164 valence electrons. The van der Waals surface area contributed by atoms with Crippen LogP contribution in [0.4, 0.5) is 10.1 Å². The van der Waals surface area contributed by atoms with E-state index in [-0.39, 0.29) is 12.1 Å². The predicted molar refractivity (Wildman–Crippen MR) is 117 cm³/mol. The van der Waals surface area contributed by atoms with Gasteiger partial charge in [-0.2, -0.15) is 5.10 Å². The molecule has 1 aromatic heterocycles. The second-order valence-corrected chi connectivity index (χ2v) is 7.51. The largest absolute Gasteiger partial charge is 0.444 e. The summed E-state index contributed by atoms with van der Waals surface area (Å²) in [6.45, 7) is 2.32. The average molecular weight is 435 g/mol. The van der Waals surface area contributed by atoms with E-state index in [2.05, 4.69) is 15.4 Å². The van der Waals surface area contributed by atoms with Crippen LogP contribution in [0.1, 0.15) is 17.7 Å². The van der Waals surface area contributed by atoms with E-state index in [1.54, 1.807) is 6.26 Å². The van der Waals surface area contributed by atoms with Gasteiger partial charge in [0, 0.05) is 24.9 Å². The van der Waals surface area contributed by atoms with E-state index in [1.165, 1.54) is 29.3 Å². The molecule has 1 aliphatic heterocycles. The highest BCUT2D eigenvalue weighted by atomic mass is 19.1. The van der Waals surface area contributed by atoms with E-state index in [1.807, 2.05) is 31.2 Å². The van der Waals surface area contributed by atoms with Crippen molar-refractivity contribution >= 4 is 23.2 Å². The van der Waals surface area contributed by atoms with Gasteiger partial charge in [0.15, 0.2) is 0 Å². The Bertz CT molecular complexity index is 1160. The number of carbonyl (C=O) groups excluding carboxylic acids is 2. The lowest BCUT2D eigenvalue weighted by Gasteiger charge is -2.20. The Kier molecular flexibility index (Phi) is 5.98. The molecule has 0 saturated carbocycles. The third kappa shape index (κ3) is 4.66. The van der Waals surface area contributed by atoms with Gasteiger partial charge in [0.05, 0.1) is 11.4 Å². The number of hydrogen-bond acceptors (Lipinski definition) is 6. The summed E-state index contributed by atoms with van der Waals surface area (Å²) in [5.41, 5.74) is 8.86. The maximum absolute atomic E-state index is 13.2. The van der Waals surface area contributed by atoms with Gasteiger partial charge in [-0.25, -0.2) is 9.37 Å². The molecule has 0 aliphatic carbocycles. The maximum Gasteiger partial charge on any atom is 0.267 e. The zero-order chi connectivity index (χ0) is 22.7. The lowest BCUT2D eigenvalue weighted by molar-refractivity contribution is -0.119. The molecule has 0 radical (unpaired) electrons. The second-order valence-electron chi connectivity index (χ2n) is 7.51. The third-order valence-corrected chi connectivity index (χ3v) is 5.11. The lowest BCUT2D eigenvalue weighted by atomic mass is 10.1. The number of oxazole rings is 1. The Labute approximate surface area is 183 Å². The van der Waals surface area contributed by atoms with E-state index < -0.39 is 23.7 Å². The van der Waals surface area contributed by atoms with Crippen LogP contribution in [0.3, 0.4) is 0 Å². The number of hydrogen-bond donors (Lipinski definition) is 2. The number of halogens is 1. The summed E-state index contributed by atoms with van der Waals surface area (Å²) in [5, 5.41) is 8.38. The first-order valence-electron chi connectivity index (χ1n) is 10.1. The molecule has 0 fully saturated rings. The van der Waals surface area contributed by atoms with Crippen LogP contribution in [-0.4, -0.2) is 35.1 Å². The van der Waals surface area contributed by atoms with Crippen LogP contribution in [0.15, 0.2) is 64.3 Å². The molecule has 1 atom stereocenters. The van der Waals surface area contributed by atoms with Crippen molar-refractivity contribution in [2.24, 2.45) is 10.8 Å². The first-order valence-corrected chi connectivity index (χ1v) is 10.1. The summed E-state index contributed by atoms with van der Waals surface area (Å²) in [6, 6.07) is 12.5. The SMILES string of the molecule is Cc1ccc(-c2nc(CCNC(=O)C3=NN(c4ccc(F)cc4)C(C(N)=O)C3)co2)cc1. The lowest BCUT2D eigenvalue weighted by Crippen LogP contribution is -2.40. The Morgan fingerprint density at radius 1 is 1.19 bits per heavy atom. The number of anilines is 1. The number of aromatic nitrogens is 1. The van der Waals surface area contributed by atoms with Crippen LogP contribution < -0.4 is 16.1 Å². The number of benzene rings is 2. The maximum atomic E-state index is 13.2. The molecule has 1 aliphatic rings. The fraction of sp³-hybridized carbons (Fsp3) is 0.217. The van der Waals surface area contributed by atoms with Crippen molar-refractivity contribution in [3.8, 4) is 11.5 Å². The molecular formula is C23H22FN5O3. The number of hydrazone groups is 1. The summed E-state index contributed by atoms with van der Waals surface area (Å²) >= 11 is 0. The van der Waals surface area contributed by atoms with Gasteiger partial charge in [-0.1, -0.05) is 17.7 Å². The Hall–Kier alpha value is -4.01. The van der Waals surface area contributed by atoms with Crippen molar-refractivity contribution in [2.45, 2.75) is 25.8 Å². The van der Waals surface area contributed by atoms with Crippen LogP contribution in [0.5, 0.6) is 0 Å². The van der Waals surface area contributed by atoms with Gasteiger partial charge < -0.3 is 15.5 Å². The molecule has 3 aromatic rings. The summed E-state index contributed by atoms with van der Waals surface area (Å²) in [7, 11) is 0. The molecule has 32 heavy (non-hydrogen) atoms. The van der Waals surface area contributed by atoms with E-state index in [9.17, 15) is 14.0 Å². The minimum atomic E-state index is -0.811. The molecular weight excluding hydrogens is 413 g/mol. The number of nitrogens with two attached hydrogens (primary N) is 1. The van der Waals surface area contributed by atoms with Crippen molar-refractivity contribution in [1.29, 1.82) is 0 Å². The van der Waals surface area contributed by atoms with Crippen molar-refractivity contribution in [3.05, 3.63) is 71.9 Å². The Morgan fingerprint density at radius 3 is 2.59 bits per heavy atom. The topological polar surface area (TPSA) is 114 Å². The summed E-state index contributed by atoms with van der Waals surface area (Å²) in [6.07, 6.45) is 2.10.